The molecule has 0 bridgehead atoms. The van der Waals surface area contributed by atoms with Crippen LogP contribution < -0.4 is 10.2 Å². The van der Waals surface area contributed by atoms with Crippen LogP contribution >= 0.6 is 0 Å². The second-order valence-electron chi connectivity index (χ2n) is 7.07. The summed E-state index contributed by atoms with van der Waals surface area (Å²) in [5, 5.41) is 11.4. The van der Waals surface area contributed by atoms with Gasteiger partial charge in [-0.15, -0.1) is 0 Å². The van der Waals surface area contributed by atoms with Crippen LogP contribution in [0.1, 0.15) is 42.1 Å². The Balaban J connectivity index is 1.73. The Hall–Kier alpha value is -3.22. The molecule has 6 nitrogen and oxygen atoms in total. The van der Waals surface area contributed by atoms with E-state index < -0.39 is 23.6 Å². The molecule has 1 saturated heterocycles. The molecule has 0 aromatic heterocycles. The van der Waals surface area contributed by atoms with Crippen molar-refractivity contribution in [3.8, 4) is 0 Å². The molecule has 2 aromatic carbocycles. The van der Waals surface area contributed by atoms with E-state index in [4.69, 9.17) is 5.11 Å². The first-order valence-electron chi connectivity index (χ1n) is 9.03. The van der Waals surface area contributed by atoms with Crippen molar-refractivity contribution in [2.75, 3.05) is 16.8 Å². The van der Waals surface area contributed by atoms with Crippen molar-refractivity contribution in [2.24, 2.45) is 5.92 Å². The Kier molecular flexibility index (Phi) is 5.44. The average Bonchev–Trinajstić information content (AvgIpc) is 3.05. The first-order chi connectivity index (χ1) is 13.3. The number of rotatable bonds is 5. The van der Waals surface area contributed by atoms with Gasteiger partial charge < -0.3 is 15.3 Å². The highest BCUT2D eigenvalue weighted by Crippen LogP contribution is 2.28. The minimum absolute atomic E-state index is 0.152. The van der Waals surface area contributed by atoms with Gasteiger partial charge in [-0.05, 0) is 48.2 Å². The van der Waals surface area contributed by atoms with Gasteiger partial charge in [0.1, 0.15) is 11.7 Å². The van der Waals surface area contributed by atoms with E-state index >= 15 is 0 Å². The largest absolute Gasteiger partial charge is 0.478 e. The lowest BCUT2D eigenvalue weighted by molar-refractivity contribution is -0.129. The van der Waals surface area contributed by atoms with E-state index in [2.05, 4.69) is 19.2 Å². The van der Waals surface area contributed by atoms with Crippen LogP contribution in [-0.4, -0.2) is 29.4 Å². The van der Waals surface area contributed by atoms with E-state index in [0.717, 1.165) is 23.8 Å². The Morgan fingerprint density at radius 3 is 2.46 bits per heavy atom. The monoisotopic (exact) mass is 384 g/mol. The SMILES string of the molecule is CC(C)c1ccc(N2CCC(C(=O)Nc3cc(C(=O)O)ccc3F)C2=O)cc1. The van der Waals surface area contributed by atoms with Gasteiger partial charge in [-0.2, -0.15) is 0 Å². The second kappa shape index (κ2) is 7.80. The number of hydrogen-bond acceptors (Lipinski definition) is 3. The molecule has 2 amide bonds. The van der Waals surface area contributed by atoms with Crippen LogP contribution in [0.25, 0.3) is 0 Å². The fourth-order valence-electron chi connectivity index (χ4n) is 3.19. The summed E-state index contributed by atoms with van der Waals surface area (Å²) in [7, 11) is 0. The minimum Gasteiger partial charge on any atom is -0.478 e. The van der Waals surface area contributed by atoms with Crippen molar-refractivity contribution in [3.05, 3.63) is 59.4 Å². The molecule has 146 valence electrons. The number of carboxylic acids is 1. The molecule has 2 aromatic rings. The first kappa shape index (κ1) is 19.5. The van der Waals surface area contributed by atoms with Crippen molar-refractivity contribution in [1.82, 2.24) is 0 Å². The number of nitrogens with zero attached hydrogens (tertiary/aromatic N) is 1. The van der Waals surface area contributed by atoms with Crippen LogP contribution in [0.15, 0.2) is 42.5 Å². The number of carbonyl (C=O) groups excluding carboxylic acids is 2. The molecule has 0 aliphatic carbocycles. The molecule has 1 heterocycles. The molecule has 0 saturated carbocycles. The summed E-state index contributed by atoms with van der Waals surface area (Å²) >= 11 is 0. The van der Waals surface area contributed by atoms with Gasteiger partial charge in [0.2, 0.25) is 11.8 Å². The fourth-order valence-corrected chi connectivity index (χ4v) is 3.19. The van der Waals surface area contributed by atoms with Crippen molar-refractivity contribution >= 4 is 29.2 Å². The summed E-state index contributed by atoms with van der Waals surface area (Å²) < 4.78 is 13.9. The summed E-state index contributed by atoms with van der Waals surface area (Å²) in [4.78, 5) is 37.8. The quantitative estimate of drug-likeness (QED) is 0.771. The number of hydrogen-bond donors (Lipinski definition) is 2. The summed E-state index contributed by atoms with van der Waals surface area (Å²) in [5.41, 5.74) is 1.46. The topological polar surface area (TPSA) is 86.7 Å². The van der Waals surface area contributed by atoms with E-state index in [1.165, 1.54) is 0 Å². The maximum atomic E-state index is 13.9. The fraction of sp³-hybridized carbons (Fsp3) is 0.286. The molecule has 1 atom stereocenters. The number of nitrogens with one attached hydrogen (secondary N) is 1. The molecule has 1 aliphatic rings. The number of carboxylic acid groups (broad SMARTS) is 1. The predicted molar refractivity (Wildman–Crippen MR) is 103 cm³/mol. The molecule has 1 aliphatic heterocycles. The number of anilines is 2. The number of benzene rings is 2. The molecular formula is C21H21FN2O4. The molecule has 3 rings (SSSR count). The highest BCUT2D eigenvalue weighted by Gasteiger charge is 2.37. The van der Waals surface area contributed by atoms with Gasteiger partial charge in [0.25, 0.3) is 0 Å². The maximum Gasteiger partial charge on any atom is 0.335 e. The van der Waals surface area contributed by atoms with Gasteiger partial charge in [-0.3, -0.25) is 9.59 Å². The van der Waals surface area contributed by atoms with Gasteiger partial charge in [0.15, 0.2) is 0 Å². The lowest BCUT2D eigenvalue weighted by Crippen LogP contribution is -2.33. The Morgan fingerprint density at radius 1 is 1.18 bits per heavy atom. The maximum absolute atomic E-state index is 13.9. The molecule has 1 unspecified atom stereocenters. The summed E-state index contributed by atoms with van der Waals surface area (Å²) in [6.07, 6.45) is 0.302. The zero-order chi connectivity index (χ0) is 20.4. The lowest BCUT2D eigenvalue weighted by atomic mass is 10.0. The van der Waals surface area contributed by atoms with Crippen molar-refractivity contribution < 1.29 is 23.9 Å². The van der Waals surface area contributed by atoms with Crippen LogP contribution in [0.4, 0.5) is 15.8 Å². The van der Waals surface area contributed by atoms with Gasteiger partial charge in [0, 0.05) is 12.2 Å². The normalized spacial score (nSPS) is 16.5. The Bertz CT molecular complexity index is 925. The van der Waals surface area contributed by atoms with Crippen molar-refractivity contribution in [2.45, 2.75) is 26.2 Å². The van der Waals surface area contributed by atoms with Crippen LogP contribution in [0.2, 0.25) is 0 Å². The van der Waals surface area contributed by atoms with Crippen LogP contribution in [0, 0.1) is 11.7 Å². The van der Waals surface area contributed by atoms with E-state index in [1.54, 1.807) is 4.90 Å². The average molecular weight is 384 g/mol. The molecule has 0 spiro atoms. The minimum atomic E-state index is -1.23. The molecule has 28 heavy (non-hydrogen) atoms. The third kappa shape index (κ3) is 3.88. The number of aromatic carboxylic acids is 1. The molecule has 2 N–H and O–H groups in total. The second-order valence-corrected chi connectivity index (χ2v) is 7.07. The summed E-state index contributed by atoms with van der Waals surface area (Å²) in [6, 6.07) is 10.7. The van der Waals surface area contributed by atoms with E-state index in [-0.39, 0.29) is 17.2 Å². The standard InChI is InChI=1S/C21H21FN2O4/c1-12(2)13-3-6-15(7-4-13)24-10-9-16(20(24)26)19(25)23-18-11-14(21(27)28)5-8-17(18)22/h3-8,11-12,16H,9-10H2,1-2H3,(H,23,25)(H,27,28). The highest BCUT2D eigenvalue weighted by molar-refractivity contribution is 6.13. The van der Waals surface area contributed by atoms with E-state index in [9.17, 15) is 18.8 Å². The van der Waals surface area contributed by atoms with Crippen LogP contribution in [0.5, 0.6) is 0 Å². The van der Waals surface area contributed by atoms with Gasteiger partial charge in [-0.25, -0.2) is 9.18 Å². The van der Waals surface area contributed by atoms with Gasteiger partial charge >= 0.3 is 5.97 Å². The lowest BCUT2D eigenvalue weighted by Gasteiger charge is -2.18. The molecule has 7 heteroatoms. The zero-order valence-electron chi connectivity index (χ0n) is 15.6. The Labute approximate surface area is 162 Å². The molecular weight excluding hydrogens is 363 g/mol. The number of amides is 2. The van der Waals surface area contributed by atoms with E-state index in [1.807, 2.05) is 24.3 Å². The Morgan fingerprint density at radius 2 is 1.86 bits per heavy atom. The number of carbonyl (C=O) groups is 3. The third-order valence-corrected chi connectivity index (χ3v) is 4.86. The molecule has 1 fully saturated rings. The summed E-state index contributed by atoms with van der Waals surface area (Å²) in [5.74, 6) is -3.57. The molecule has 0 radical (unpaired) electrons. The van der Waals surface area contributed by atoms with Crippen LogP contribution in [-0.2, 0) is 9.59 Å². The smallest absolute Gasteiger partial charge is 0.335 e. The zero-order valence-corrected chi connectivity index (χ0v) is 15.6. The van der Waals surface area contributed by atoms with Gasteiger partial charge in [0.05, 0.1) is 11.3 Å². The third-order valence-electron chi connectivity index (χ3n) is 4.86. The van der Waals surface area contributed by atoms with E-state index in [0.29, 0.717) is 24.6 Å². The highest BCUT2D eigenvalue weighted by atomic mass is 19.1. The number of halogens is 1. The van der Waals surface area contributed by atoms with Gasteiger partial charge in [-0.1, -0.05) is 26.0 Å². The predicted octanol–water partition coefficient (Wildman–Crippen LogP) is 3.64. The van der Waals surface area contributed by atoms with Crippen LogP contribution in [0.3, 0.4) is 0 Å². The first-order valence-corrected chi connectivity index (χ1v) is 9.03. The van der Waals surface area contributed by atoms with Crippen molar-refractivity contribution in [3.63, 3.8) is 0 Å². The van der Waals surface area contributed by atoms with Crippen molar-refractivity contribution in [1.29, 1.82) is 0 Å². The summed E-state index contributed by atoms with van der Waals surface area (Å²) in [6.45, 7) is 4.54.